The smallest absolute Gasteiger partial charge is 0.746 e. The molecule has 3 aliphatic rings. The molecule has 3 fully saturated rings. The number of amides is 4. The van der Waals surface area contributed by atoms with Gasteiger partial charge in [-0.05, 0) is 58.8 Å². The molecule has 1 unspecified atom stereocenters. The van der Waals surface area contributed by atoms with Gasteiger partial charge in [-0.2, -0.15) is 0 Å². The summed E-state index contributed by atoms with van der Waals surface area (Å²) in [4.78, 5) is 64.4. The predicted octanol–water partition coefficient (Wildman–Crippen LogP) is -3.03. The van der Waals surface area contributed by atoms with Gasteiger partial charge in [-0.1, -0.05) is 13.8 Å². The molecule has 0 aromatic heterocycles. The first kappa shape index (κ1) is 37.2. The molecular formula is C26H41N4NaO11S. The van der Waals surface area contributed by atoms with Crippen molar-refractivity contribution in [2.75, 3.05) is 19.6 Å². The van der Waals surface area contributed by atoms with Gasteiger partial charge in [0.2, 0.25) is 17.3 Å². The fourth-order valence-electron chi connectivity index (χ4n) is 5.48. The number of hydrogen-bond donors (Lipinski definition) is 4. The van der Waals surface area contributed by atoms with E-state index in [2.05, 4.69) is 16.0 Å². The molecule has 15 nitrogen and oxygen atoms in total. The van der Waals surface area contributed by atoms with Crippen LogP contribution in [0, 0.1) is 17.3 Å². The first-order valence-corrected chi connectivity index (χ1v) is 15.5. The molecule has 0 aromatic carbocycles. The van der Waals surface area contributed by atoms with Crippen molar-refractivity contribution in [3.8, 4) is 0 Å². The summed E-state index contributed by atoms with van der Waals surface area (Å²) >= 11 is 0. The van der Waals surface area contributed by atoms with Crippen molar-refractivity contribution >= 4 is 39.9 Å². The van der Waals surface area contributed by atoms with Crippen molar-refractivity contribution in [3.63, 3.8) is 0 Å². The number of ketones is 1. The third-order valence-corrected chi connectivity index (χ3v) is 8.25. The van der Waals surface area contributed by atoms with Crippen LogP contribution in [0.4, 0.5) is 9.59 Å². The topological polar surface area (TPSA) is 221 Å². The molecule has 4 atom stereocenters. The van der Waals surface area contributed by atoms with Gasteiger partial charge in [-0.15, -0.1) is 0 Å². The van der Waals surface area contributed by atoms with Crippen molar-refractivity contribution in [1.82, 2.24) is 20.9 Å². The van der Waals surface area contributed by atoms with Gasteiger partial charge in [0.1, 0.15) is 27.9 Å². The van der Waals surface area contributed by atoms with Crippen LogP contribution in [-0.4, -0.2) is 102 Å². The van der Waals surface area contributed by atoms with Crippen LogP contribution >= 0.6 is 0 Å². The Morgan fingerprint density at radius 1 is 1.14 bits per heavy atom. The number of ether oxygens (including phenoxy) is 2. The van der Waals surface area contributed by atoms with Crippen molar-refractivity contribution in [2.24, 2.45) is 17.3 Å². The number of nitrogens with zero attached hydrogens (tertiary/aromatic N) is 1. The largest absolute Gasteiger partial charge is 1.00 e. The Morgan fingerprint density at radius 2 is 1.74 bits per heavy atom. The van der Waals surface area contributed by atoms with E-state index >= 15 is 0 Å². The molecule has 1 spiro atoms. The van der Waals surface area contributed by atoms with Crippen LogP contribution in [0.25, 0.3) is 0 Å². The molecule has 3 rings (SSSR count). The monoisotopic (exact) mass is 640 g/mol. The van der Waals surface area contributed by atoms with E-state index in [9.17, 15) is 42.0 Å². The zero-order chi connectivity index (χ0) is 31.6. The normalized spacial score (nSPS) is 21.8. The van der Waals surface area contributed by atoms with E-state index in [4.69, 9.17) is 9.47 Å². The van der Waals surface area contributed by atoms with E-state index in [1.54, 1.807) is 39.5 Å². The van der Waals surface area contributed by atoms with Crippen LogP contribution in [0.2, 0.25) is 0 Å². The van der Waals surface area contributed by atoms with E-state index in [0.717, 1.165) is 0 Å². The molecule has 0 radical (unpaired) electrons. The van der Waals surface area contributed by atoms with Crippen LogP contribution in [0.1, 0.15) is 66.7 Å². The van der Waals surface area contributed by atoms with Crippen LogP contribution in [0.15, 0.2) is 0 Å². The van der Waals surface area contributed by atoms with E-state index in [1.165, 1.54) is 0 Å². The fourth-order valence-corrected chi connectivity index (χ4v) is 5.93. The number of alkyl carbamates (subject to hydrolysis) is 1. The van der Waals surface area contributed by atoms with E-state index < -0.39 is 75.0 Å². The molecule has 0 bridgehead atoms. The number of likely N-dealkylation sites (tertiary alicyclic amines) is 1. The summed E-state index contributed by atoms with van der Waals surface area (Å²) in [6.45, 7) is 10.2. The average Bonchev–Trinajstić information content (AvgIpc) is 3.19. The number of rotatable bonds is 11. The quantitative estimate of drug-likeness (QED) is 0.131. The summed E-state index contributed by atoms with van der Waals surface area (Å²) in [5.74, 6) is -3.62. The first-order valence-electron chi connectivity index (χ1n) is 14.0. The minimum absolute atomic E-state index is 0. The van der Waals surface area contributed by atoms with Gasteiger partial charge in [0.15, 0.2) is 5.78 Å². The Labute approximate surface area is 273 Å². The minimum atomic E-state index is -5.44. The van der Waals surface area contributed by atoms with Crippen molar-refractivity contribution < 1.29 is 81.1 Å². The van der Waals surface area contributed by atoms with Gasteiger partial charge in [0.05, 0.1) is 6.04 Å². The van der Waals surface area contributed by atoms with E-state index in [0.29, 0.717) is 38.9 Å². The number of Topliss-reactive ketones (excluding diaryl/α,β-unsaturated/α-hetero) is 1. The molecule has 2 saturated heterocycles. The maximum absolute atomic E-state index is 13.2. The Balaban J connectivity index is 0.00000645. The Hall–Kier alpha value is -1.98. The molecule has 17 heteroatoms. The van der Waals surface area contributed by atoms with Crippen LogP contribution in [0.3, 0.4) is 0 Å². The van der Waals surface area contributed by atoms with Gasteiger partial charge in [-0.3, -0.25) is 14.4 Å². The maximum atomic E-state index is 13.2. The molecule has 4 amide bonds. The Morgan fingerprint density at radius 3 is 2.23 bits per heavy atom. The van der Waals surface area contributed by atoms with E-state index in [-0.39, 0.29) is 53.7 Å². The van der Waals surface area contributed by atoms with Crippen molar-refractivity contribution in [1.29, 1.82) is 0 Å². The maximum Gasteiger partial charge on any atom is 1.00 e. The van der Waals surface area contributed by atoms with Crippen molar-refractivity contribution in [2.45, 2.75) is 95.9 Å². The second-order valence-electron chi connectivity index (χ2n) is 12.9. The average molecular weight is 641 g/mol. The molecule has 238 valence electrons. The first-order chi connectivity index (χ1) is 19.3. The third kappa shape index (κ3) is 10.3. The zero-order valence-corrected chi connectivity index (χ0v) is 28.3. The van der Waals surface area contributed by atoms with Crippen LogP contribution < -0.4 is 45.5 Å². The van der Waals surface area contributed by atoms with Crippen LogP contribution in [-0.2, 0) is 34.0 Å². The summed E-state index contributed by atoms with van der Waals surface area (Å²) in [6.07, 6.45) is -0.564. The molecule has 0 aromatic rings. The fraction of sp³-hybridized carbons (Fsp3) is 0.808. The molecule has 2 heterocycles. The summed E-state index contributed by atoms with van der Waals surface area (Å²) < 4.78 is 44.7. The molecule has 2 aliphatic heterocycles. The molecule has 1 aliphatic carbocycles. The standard InChI is InChI=1S/C26H42N4O11S.Na/c1-14(2)8-18(21(33)28-17(9-15-6-7-27-20(15)32)19(31)22(34)42(37,38)39)29-23(35)40-16-10-26(11-16)12-30(13-26)24(36)41-25(3,4)5;/h14-18,22,34H,6-13H2,1-5H3,(H,27,32)(H,28,33)(H,29,35)(H,37,38,39);/q;+1/p-1/t15-,17+,18+,22?;/m1./s1. The van der Waals surface area contributed by atoms with Gasteiger partial charge in [-0.25, -0.2) is 18.0 Å². The summed E-state index contributed by atoms with van der Waals surface area (Å²) in [6, 6.07) is -2.87. The third-order valence-electron chi connectivity index (χ3n) is 7.47. The summed E-state index contributed by atoms with van der Waals surface area (Å²) in [5, 5.41) is 17.1. The number of aliphatic hydroxyl groups excluding tert-OH is 1. The number of carbonyl (C=O) groups is 5. The summed E-state index contributed by atoms with van der Waals surface area (Å²) in [5.41, 5.74) is -3.69. The second-order valence-corrected chi connectivity index (χ2v) is 14.4. The zero-order valence-electron chi connectivity index (χ0n) is 25.5. The number of hydrogen-bond acceptors (Lipinski definition) is 11. The Bertz CT molecular complexity index is 1180. The molecule has 4 N–H and O–H groups in total. The molecule has 43 heavy (non-hydrogen) atoms. The summed E-state index contributed by atoms with van der Waals surface area (Å²) in [7, 11) is -5.44. The number of nitrogens with one attached hydrogen (secondary N) is 3. The van der Waals surface area contributed by atoms with Gasteiger partial charge in [0.25, 0.3) is 0 Å². The predicted molar refractivity (Wildman–Crippen MR) is 144 cm³/mol. The van der Waals surface area contributed by atoms with Gasteiger partial charge < -0.3 is 40.0 Å². The van der Waals surface area contributed by atoms with Crippen LogP contribution in [0.5, 0.6) is 0 Å². The SMILES string of the molecule is CC(C)C[C@H](NC(=O)OC1CC2(C1)CN(C(=O)OC(C)(C)C)C2)C(=O)N[C@@H](C[C@H]1CCNC1=O)C(=O)C(O)S(=O)(=O)[O-].[Na+]. The minimum Gasteiger partial charge on any atom is -0.746 e. The van der Waals surface area contributed by atoms with Gasteiger partial charge in [0, 0.05) is 31.0 Å². The Kier molecular flexibility index (Phi) is 12.5. The van der Waals surface area contributed by atoms with Gasteiger partial charge >= 0.3 is 41.7 Å². The molecular weight excluding hydrogens is 599 g/mol. The van der Waals surface area contributed by atoms with E-state index in [1.807, 2.05) is 0 Å². The number of carbonyl (C=O) groups excluding carboxylic acids is 5. The van der Waals surface area contributed by atoms with Crippen molar-refractivity contribution in [3.05, 3.63) is 0 Å². The second kappa shape index (κ2) is 14.4. The number of aliphatic hydroxyl groups is 1. The molecule has 1 saturated carbocycles.